The molecule has 0 unspecified atom stereocenters. The lowest BCUT2D eigenvalue weighted by Gasteiger charge is -2.21. The zero-order chi connectivity index (χ0) is 18.4. The van der Waals surface area contributed by atoms with Crippen LogP contribution in [0.4, 0.5) is 5.69 Å². The first-order valence-corrected chi connectivity index (χ1v) is 8.80. The van der Waals surface area contributed by atoms with Gasteiger partial charge >= 0.3 is 0 Å². The SMILES string of the molecule is CCCCN(C(=O)c1ccc(Cn2ccccc2=O)o1)c1ccccc1. The maximum absolute atomic E-state index is 12.9. The van der Waals surface area contributed by atoms with Gasteiger partial charge in [0.2, 0.25) is 0 Å². The first kappa shape index (κ1) is 17.7. The lowest BCUT2D eigenvalue weighted by molar-refractivity contribution is 0.0958. The summed E-state index contributed by atoms with van der Waals surface area (Å²) in [5.41, 5.74) is 0.744. The third kappa shape index (κ3) is 4.11. The second kappa shape index (κ2) is 8.34. The number of benzene rings is 1. The number of rotatable bonds is 7. The molecule has 5 heteroatoms. The Kier molecular flexibility index (Phi) is 5.69. The maximum Gasteiger partial charge on any atom is 0.293 e. The van der Waals surface area contributed by atoms with Crippen molar-refractivity contribution in [2.75, 3.05) is 11.4 Å². The van der Waals surface area contributed by atoms with Gasteiger partial charge in [0.1, 0.15) is 5.76 Å². The number of carbonyl (C=O) groups is 1. The highest BCUT2D eigenvalue weighted by atomic mass is 16.4. The average Bonchev–Trinajstić information content (AvgIpc) is 3.13. The second-order valence-corrected chi connectivity index (χ2v) is 6.08. The monoisotopic (exact) mass is 350 g/mol. The summed E-state index contributed by atoms with van der Waals surface area (Å²) in [7, 11) is 0. The molecule has 1 amide bonds. The van der Waals surface area contributed by atoms with Crippen LogP contribution in [0.3, 0.4) is 0 Å². The number of anilines is 1. The minimum Gasteiger partial charge on any atom is -0.454 e. The molecule has 2 aromatic heterocycles. The molecule has 2 heterocycles. The van der Waals surface area contributed by atoms with Crippen LogP contribution in [0.15, 0.2) is 76.1 Å². The number of pyridine rings is 1. The Morgan fingerprint density at radius 1 is 1.04 bits per heavy atom. The predicted molar refractivity (Wildman–Crippen MR) is 102 cm³/mol. The molecule has 0 bridgehead atoms. The highest BCUT2D eigenvalue weighted by Gasteiger charge is 2.20. The van der Waals surface area contributed by atoms with Crippen molar-refractivity contribution in [3.8, 4) is 0 Å². The molecule has 0 saturated heterocycles. The van der Waals surface area contributed by atoms with E-state index in [1.165, 1.54) is 6.07 Å². The standard InChI is InChI=1S/C21H22N2O3/c1-2-3-15-23(17-9-5-4-6-10-17)21(25)19-13-12-18(26-19)16-22-14-8-7-11-20(22)24/h4-14H,2-3,15-16H2,1H3. The molecule has 0 saturated carbocycles. The summed E-state index contributed by atoms with van der Waals surface area (Å²) in [6.45, 7) is 3.02. The van der Waals surface area contributed by atoms with E-state index in [2.05, 4.69) is 6.92 Å². The molecule has 1 aromatic carbocycles. The molecular weight excluding hydrogens is 328 g/mol. The first-order chi connectivity index (χ1) is 12.7. The number of nitrogens with zero attached hydrogens (tertiary/aromatic N) is 2. The molecular formula is C21H22N2O3. The van der Waals surface area contributed by atoms with Gasteiger partial charge < -0.3 is 13.9 Å². The van der Waals surface area contributed by atoms with E-state index in [1.54, 1.807) is 39.9 Å². The molecule has 0 aliphatic rings. The molecule has 3 aromatic rings. The number of para-hydroxylation sites is 1. The third-order valence-electron chi connectivity index (χ3n) is 4.15. The Labute approximate surface area is 152 Å². The van der Waals surface area contributed by atoms with Gasteiger partial charge in [0, 0.05) is 24.5 Å². The van der Waals surface area contributed by atoms with Crippen molar-refractivity contribution >= 4 is 11.6 Å². The summed E-state index contributed by atoms with van der Waals surface area (Å²) in [5, 5.41) is 0. The van der Waals surface area contributed by atoms with Crippen LogP contribution < -0.4 is 10.5 Å². The summed E-state index contributed by atoms with van der Waals surface area (Å²) >= 11 is 0. The zero-order valence-corrected chi connectivity index (χ0v) is 14.8. The summed E-state index contributed by atoms with van der Waals surface area (Å²) in [5.74, 6) is 0.686. The molecule has 0 spiro atoms. The van der Waals surface area contributed by atoms with Gasteiger partial charge in [-0.05, 0) is 36.8 Å². The molecule has 0 fully saturated rings. The van der Waals surface area contributed by atoms with Crippen LogP contribution in [0.25, 0.3) is 0 Å². The number of hydrogen-bond donors (Lipinski definition) is 0. The van der Waals surface area contributed by atoms with Gasteiger partial charge in [0.05, 0.1) is 6.54 Å². The minimum atomic E-state index is -0.170. The molecule has 0 atom stereocenters. The fourth-order valence-electron chi connectivity index (χ4n) is 2.74. The van der Waals surface area contributed by atoms with Gasteiger partial charge in [0.25, 0.3) is 11.5 Å². The quantitative estimate of drug-likeness (QED) is 0.648. The molecule has 26 heavy (non-hydrogen) atoms. The maximum atomic E-state index is 12.9. The molecule has 0 radical (unpaired) electrons. The number of aromatic nitrogens is 1. The Bertz CT molecular complexity index is 912. The fraction of sp³-hybridized carbons (Fsp3) is 0.238. The Morgan fingerprint density at radius 3 is 2.54 bits per heavy atom. The van der Waals surface area contributed by atoms with E-state index in [1.807, 2.05) is 30.3 Å². The van der Waals surface area contributed by atoms with E-state index < -0.39 is 0 Å². The van der Waals surface area contributed by atoms with Gasteiger partial charge in [-0.15, -0.1) is 0 Å². The lowest BCUT2D eigenvalue weighted by Crippen LogP contribution is -2.31. The van der Waals surface area contributed by atoms with Gasteiger partial charge in [-0.25, -0.2) is 0 Å². The van der Waals surface area contributed by atoms with E-state index in [0.717, 1.165) is 18.5 Å². The third-order valence-corrected chi connectivity index (χ3v) is 4.15. The minimum absolute atomic E-state index is 0.106. The van der Waals surface area contributed by atoms with Crippen LogP contribution >= 0.6 is 0 Å². The highest BCUT2D eigenvalue weighted by Crippen LogP contribution is 2.19. The number of amides is 1. The van der Waals surface area contributed by atoms with Crippen LogP contribution in [0.1, 0.15) is 36.1 Å². The van der Waals surface area contributed by atoms with Crippen molar-refractivity contribution in [3.05, 3.63) is 88.7 Å². The van der Waals surface area contributed by atoms with Crippen LogP contribution in [-0.2, 0) is 6.54 Å². The number of unbranched alkanes of at least 4 members (excludes halogenated alkanes) is 1. The van der Waals surface area contributed by atoms with E-state index in [9.17, 15) is 9.59 Å². The lowest BCUT2D eigenvalue weighted by atomic mass is 10.2. The Morgan fingerprint density at radius 2 is 1.81 bits per heavy atom. The van der Waals surface area contributed by atoms with Gasteiger partial charge in [-0.3, -0.25) is 9.59 Å². The topological polar surface area (TPSA) is 55.5 Å². The highest BCUT2D eigenvalue weighted by molar-refractivity contribution is 6.04. The summed E-state index contributed by atoms with van der Waals surface area (Å²) in [4.78, 5) is 26.5. The van der Waals surface area contributed by atoms with Crippen molar-refractivity contribution in [3.63, 3.8) is 0 Å². The zero-order valence-electron chi connectivity index (χ0n) is 14.8. The summed E-state index contributed by atoms with van der Waals surface area (Å²) < 4.78 is 7.28. The van der Waals surface area contributed by atoms with Crippen molar-refractivity contribution in [2.45, 2.75) is 26.3 Å². The predicted octanol–water partition coefficient (Wildman–Crippen LogP) is 3.94. The van der Waals surface area contributed by atoms with Gasteiger partial charge in [-0.2, -0.15) is 0 Å². The van der Waals surface area contributed by atoms with Crippen molar-refractivity contribution in [1.82, 2.24) is 4.57 Å². The molecule has 0 aliphatic carbocycles. The molecule has 0 N–H and O–H groups in total. The number of furan rings is 1. The van der Waals surface area contributed by atoms with E-state index in [-0.39, 0.29) is 17.2 Å². The first-order valence-electron chi connectivity index (χ1n) is 8.80. The average molecular weight is 350 g/mol. The number of hydrogen-bond acceptors (Lipinski definition) is 3. The summed E-state index contributed by atoms with van der Waals surface area (Å²) in [6, 6.07) is 18.0. The van der Waals surface area contributed by atoms with E-state index >= 15 is 0 Å². The molecule has 0 aliphatic heterocycles. The Hall–Kier alpha value is -3.08. The van der Waals surface area contributed by atoms with Crippen LogP contribution in [-0.4, -0.2) is 17.0 Å². The van der Waals surface area contributed by atoms with E-state index in [4.69, 9.17) is 4.42 Å². The van der Waals surface area contributed by atoms with Gasteiger partial charge in [-0.1, -0.05) is 37.6 Å². The van der Waals surface area contributed by atoms with Crippen LogP contribution in [0, 0.1) is 0 Å². The molecule has 134 valence electrons. The van der Waals surface area contributed by atoms with E-state index in [0.29, 0.717) is 18.8 Å². The largest absolute Gasteiger partial charge is 0.454 e. The number of carbonyl (C=O) groups excluding carboxylic acids is 1. The van der Waals surface area contributed by atoms with Crippen molar-refractivity contribution in [1.29, 1.82) is 0 Å². The van der Waals surface area contributed by atoms with Crippen LogP contribution in [0.5, 0.6) is 0 Å². The normalized spacial score (nSPS) is 10.7. The van der Waals surface area contributed by atoms with Crippen molar-refractivity contribution < 1.29 is 9.21 Å². The summed E-state index contributed by atoms with van der Waals surface area (Å²) in [6.07, 6.45) is 3.61. The molecule has 5 nitrogen and oxygen atoms in total. The Balaban J connectivity index is 1.81. The smallest absolute Gasteiger partial charge is 0.293 e. The van der Waals surface area contributed by atoms with Crippen LogP contribution in [0.2, 0.25) is 0 Å². The molecule has 3 rings (SSSR count). The fourth-order valence-corrected chi connectivity index (χ4v) is 2.74. The van der Waals surface area contributed by atoms with Crippen molar-refractivity contribution in [2.24, 2.45) is 0 Å². The second-order valence-electron chi connectivity index (χ2n) is 6.08. The van der Waals surface area contributed by atoms with Gasteiger partial charge in [0.15, 0.2) is 5.76 Å².